The van der Waals surface area contributed by atoms with Crippen molar-refractivity contribution in [2.24, 2.45) is 0 Å². The monoisotopic (exact) mass is 197 g/mol. The van der Waals surface area contributed by atoms with Crippen LogP contribution < -0.4 is 16.2 Å². The van der Waals surface area contributed by atoms with Crippen molar-refractivity contribution in [2.45, 2.75) is 6.92 Å². The van der Waals surface area contributed by atoms with Crippen LogP contribution in [-0.4, -0.2) is 11.5 Å². The summed E-state index contributed by atoms with van der Waals surface area (Å²) in [5.41, 5.74) is 10.8. The van der Waals surface area contributed by atoms with Crippen LogP contribution in [0.3, 0.4) is 0 Å². The Morgan fingerprint density at radius 2 is 2.14 bits per heavy atom. The number of anilines is 2. The van der Waals surface area contributed by atoms with Crippen LogP contribution in [-0.2, 0) is 0 Å². The number of rotatable bonds is 3. The lowest BCUT2D eigenvalue weighted by Gasteiger charge is -2.06. The van der Waals surface area contributed by atoms with Gasteiger partial charge in [-0.15, -0.1) is 0 Å². The average Bonchev–Trinajstić information content (AvgIpc) is 2.11. The molecule has 0 radical (unpaired) electrons. The number of benzene rings is 1. The van der Waals surface area contributed by atoms with Crippen LogP contribution in [0.5, 0.6) is 5.75 Å². The number of nitro benzene ring substituents is 1. The topological polar surface area (TPSA) is 104 Å². The summed E-state index contributed by atoms with van der Waals surface area (Å²) in [7, 11) is 0. The first kappa shape index (κ1) is 10.1. The molecule has 6 heteroatoms. The van der Waals surface area contributed by atoms with E-state index in [2.05, 4.69) is 0 Å². The first-order valence-electron chi connectivity index (χ1n) is 4.02. The van der Waals surface area contributed by atoms with Crippen LogP contribution in [0, 0.1) is 10.1 Å². The van der Waals surface area contributed by atoms with E-state index in [-0.39, 0.29) is 17.1 Å². The van der Waals surface area contributed by atoms with Crippen molar-refractivity contribution in [3.8, 4) is 5.75 Å². The van der Waals surface area contributed by atoms with Gasteiger partial charge in [0.1, 0.15) is 11.4 Å². The van der Waals surface area contributed by atoms with Crippen molar-refractivity contribution in [3.63, 3.8) is 0 Å². The van der Waals surface area contributed by atoms with Crippen LogP contribution in [0.2, 0.25) is 0 Å². The number of nitrogens with two attached hydrogens (primary N) is 2. The van der Waals surface area contributed by atoms with E-state index in [0.717, 1.165) is 0 Å². The Labute approximate surface area is 80.6 Å². The maximum absolute atomic E-state index is 10.5. The third-order valence-corrected chi connectivity index (χ3v) is 1.67. The highest BCUT2D eigenvalue weighted by Crippen LogP contribution is 2.32. The van der Waals surface area contributed by atoms with Gasteiger partial charge in [0.05, 0.1) is 23.3 Å². The maximum Gasteiger partial charge on any atom is 0.297 e. The number of nitro groups is 1. The largest absolute Gasteiger partial charge is 0.494 e. The van der Waals surface area contributed by atoms with Crippen LogP contribution in [0.25, 0.3) is 0 Å². The fraction of sp³-hybridized carbons (Fsp3) is 0.250. The van der Waals surface area contributed by atoms with Gasteiger partial charge in [-0.05, 0) is 6.92 Å². The summed E-state index contributed by atoms with van der Waals surface area (Å²) in [5, 5.41) is 10.5. The molecule has 0 atom stereocenters. The second-order valence-electron chi connectivity index (χ2n) is 2.64. The van der Waals surface area contributed by atoms with E-state index in [4.69, 9.17) is 16.2 Å². The van der Waals surface area contributed by atoms with Gasteiger partial charge in [0.2, 0.25) is 0 Å². The predicted octanol–water partition coefficient (Wildman–Crippen LogP) is 1.16. The number of hydrogen-bond acceptors (Lipinski definition) is 5. The molecule has 0 saturated carbocycles. The Bertz CT molecular complexity index is 365. The fourth-order valence-electron chi connectivity index (χ4n) is 1.03. The lowest BCUT2D eigenvalue weighted by molar-refractivity contribution is -0.383. The Hall–Kier alpha value is -1.98. The highest BCUT2D eigenvalue weighted by atomic mass is 16.6. The van der Waals surface area contributed by atoms with Crippen LogP contribution in [0.1, 0.15) is 6.92 Å². The first-order chi connectivity index (χ1) is 6.56. The third-order valence-electron chi connectivity index (χ3n) is 1.67. The van der Waals surface area contributed by atoms with Gasteiger partial charge in [0, 0.05) is 6.07 Å². The summed E-state index contributed by atoms with van der Waals surface area (Å²) in [6.45, 7) is 2.19. The molecule has 1 rings (SSSR count). The van der Waals surface area contributed by atoms with Gasteiger partial charge < -0.3 is 16.2 Å². The van der Waals surface area contributed by atoms with Gasteiger partial charge in [0.15, 0.2) is 0 Å². The smallest absolute Gasteiger partial charge is 0.297 e. The van der Waals surface area contributed by atoms with Gasteiger partial charge in [0.25, 0.3) is 5.69 Å². The van der Waals surface area contributed by atoms with Gasteiger partial charge in [-0.2, -0.15) is 0 Å². The van der Waals surface area contributed by atoms with E-state index in [1.54, 1.807) is 6.92 Å². The van der Waals surface area contributed by atoms with E-state index in [1.165, 1.54) is 12.1 Å². The molecule has 0 bridgehead atoms. The van der Waals surface area contributed by atoms with Crippen molar-refractivity contribution in [1.82, 2.24) is 0 Å². The van der Waals surface area contributed by atoms with Gasteiger partial charge in [-0.25, -0.2) is 0 Å². The first-order valence-corrected chi connectivity index (χ1v) is 4.02. The summed E-state index contributed by atoms with van der Waals surface area (Å²) in [5.74, 6) is 0.353. The normalized spacial score (nSPS) is 9.79. The fourth-order valence-corrected chi connectivity index (χ4v) is 1.03. The van der Waals surface area contributed by atoms with Crippen molar-refractivity contribution in [2.75, 3.05) is 18.1 Å². The van der Waals surface area contributed by atoms with Gasteiger partial charge >= 0.3 is 0 Å². The Morgan fingerprint density at radius 1 is 1.50 bits per heavy atom. The zero-order valence-electron chi connectivity index (χ0n) is 7.69. The molecular weight excluding hydrogens is 186 g/mol. The minimum Gasteiger partial charge on any atom is -0.494 e. The lowest BCUT2D eigenvalue weighted by atomic mass is 10.2. The van der Waals surface area contributed by atoms with Crippen LogP contribution >= 0.6 is 0 Å². The molecule has 0 heterocycles. The predicted molar refractivity (Wildman–Crippen MR) is 53.1 cm³/mol. The Morgan fingerprint density at radius 3 is 2.64 bits per heavy atom. The van der Waals surface area contributed by atoms with E-state index in [9.17, 15) is 10.1 Å². The summed E-state index contributed by atoms with van der Waals surface area (Å²) in [6.07, 6.45) is 0. The molecule has 0 aliphatic carbocycles. The Balaban J connectivity index is 3.21. The van der Waals surface area contributed by atoms with Crippen molar-refractivity contribution < 1.29 is 9.66 Å². The maximum atomic E-state index is 10.5. The number of nitrogen functional groups attached to an aromatic ring is 2. The number of hydrogen-bond donors (Lipinski definition) is 2. The second-order valence-corrected chi connectivity index (χ2v) is 2.64. The molecule has 0 aromatic heterocycles. The van der Waals surface area contributed by atoms with Crippen LogP contribution in [0.15, 0.2) is 12.1 Å². The van der Waals surface area contributed by atoms with E-state index < -0.39 is 4.92 Å². The zero-order valence-corrected chi connectivity index (χ0v) is 7.69. The average molecular weight is 197 g/mol. The molecule has 0 aliphatic rings. The minimum absolute atomic E-state index is 0.0292. The molecule has 14 heavy (non-hydrogen) atoms. The zero-order chi connectivity index (χ0) is 10.7. The van der Waals surface area contributed by atoms with Crippen molar-refractivity contribution in [1.29, 1.82) is 0 Å². The molecule has 0 spiro atoms. The molecular formula is C8H11N3O3. The van der Waals surface area contributed by atoms with E-state index >= 15 is 0 Å². The molecule has 4 N–H and O–H groups in total. The number of nitrogens with zero attached hydrogens (tertiary/aromatic N) is 1. The molecule has 0 unspecified atom stereocenters. The molecule has 76 valence electrons. The minimum atomic E-state index is -0.589. The highest BCUT2D eigenvalue weighted by molar-refractivity contribution is 5.76. The third kappa shape index (κ3) is 1.85. The highest BCUT2D eigenvalue weighted by Gasteiger charge is 2.15. The quantitative estimate of drug-likeness (QED) is 0.429. The summed E-state index contributed by atoms with van der Waals surface area (Å²) in [4.78, 5) is 9.96. The SMILES string of the molecule is CCOc1cc(N)c(N)c([N+](=O)[O-])c1. The molecule has 1 aromatic carbocycles. The molecule has 6 nitrogen and oxygen atoms in total. The number of ether oxygens (including phenoxy) is 1. The van der Waals surface area contributed by atoms with Crippen molar-refractivity contribution >= 4 is 17.1 Å². The summed E-state index contributed by atoms with van der Waals surface area (Å²) < 4.78 is 5.09. The summed E-state index contributed by atoms with van der Waals surface area (Å²) in [6, 6.07) is 2.72. The van der Waals surface area contributed by atoms with E-state index in [0.29, 0.717) is 12.4 Å². The van der Waals surface area contributed by atoms with Crippen molar-refractivity contribution in [3.05, 3.63) is 22.2 Å². The molecule has 0 fully saturated rings. The van der Waals surface area contributed by atoms with E-state index in [1.807, 2.05) is 0 Å². The second kappa shape index (κ2) is 3.82. The molecule has 0 saturated heterocycles. The summed E-state index contributed by atoms with van der Waals surface area (Å²) >= 11 is 0. The lowest BCUT2D eigenvalue weighted by Crippen LogP contribution is -2.02. The van der Waals surface area contributed by atoms with Crippen LogP contribution in [0.4, 0.5) is 17.1 Å². The Kier molecular flexibility index (Phi) is 2.76. The molecule has 1 aromatic rings. The van der Waals surface area contributed by atoms with Gasteiger partial charge in [-0.1, -0.05) is 0 Å². The standard InChI is InChI=1S/C8H11N3O3/c1-2-14-5-3-6(9)8(10)7(4-5)11(12)13/h3-4H,2,9-10H2,1H3. The van der Waals surface area contributed by atoms with Gasteiger partial charge in [-0.3, -0.25) is 10.1 Å². The molecule has 0 amide bonds. The molecule has 0 aliphatic heterocycles.